The van der Waals surface area contributed by atoms with Crippen LogP contribution < -0.4 is 4.74 Å². The highest BCUT2D eigenvalue weighted by Gasteiger charge is 2.47. The quantitative estimate of drug-likeness (QED) is 0.350. The fourth-order valence-corrected chi connectivity index (χ4v) is 4.22. The van der Waals surface area contributed by atoms with Gasteiger partial charge >= 0.3 is 5.97 Å². The van der Waals surface area contributed by atoms with Crippen LogP contribution in [0.4, 0.5) is 0 Å². The van der Waals surface area contributed by atoms with E-state index < -0.39 is 23.7 Å². The molecule has 1 unspecified atom stereocenters. The summed E-state index contributed by atoms with van der Waals surface area (Å²) in [5.41, 5.74) is 2.02. The molecule has 8 heteroatoms. The fraction of sp³-hybridized carbons (Fsp3) is 0.160. The van der Waals surface area contributed by atoms with Gasteiger partial charge in [-0.25, -0.2) is 4.79 Å². The monoisotopic (exact) mass is 445 g/mol. The maximum Gasteiger partial charge on any atom is 0.335 e. The number of hydrogen-bond donors (Lipinski definition) is 2. The number of carbonyl (C=O) groups is 3. The van der Waals surface area contributed by atoms with Gasteiger partial charge < -0.3 is 24.3 Å². The molecular formula is C25H19NO7. The second-order valence-corrected chi connectivity index (χ2v) is 7.87. The Balaban J connectivity index is 1.56. The third-order valence-electron chi connectivity index (χ3n) is 5.87. The number of Topliss-reactive ketones (excluding diaryl/α,β-unsaturated/α-hetero) is 1. The van der Waals surface area contributed by atoms with Gasteiger partial charge in [0.15, 0.2) is 0 Å². The van der Waals surface area contributed by atoms with Gasteiger partial charge in [0.05, 0.1) is 24.0 Å². The third kappa shape index (κ3) is 3.55. The Morgan fingerprint density at radius 2 is 1.79 bits per heavy atom. The molecule has 2 aromatic carbocycles. The van der Waals surface area contributed by atoms with Crippen LogP contribution in [0, 0.1) is 0 Å². The Morgan fingerprint density at radius 3 is 2.48 bits per heavy atom. The van der Waals surface area contributed by atoms with Crippen molar-refractivity contribution in [1.82, 2.24) is 4.90 Å². The van der Waals surface area contributed by atoms with Gasteiger partial charge in [-0.2, -0.15) is 0 Å². The number of carbonyl (C=O) groups excluding carboxylic acids is 2. The molecule has 1 aromatic heterocycles. The maximum atomic E-state index is 13.1. The number of aromatic carboxylic acids is 1. The number of benzene rings is 2. The van der Waals surface area contributed by atoms with Crippen molar-refractivity contribution in [2.24, 2.45) is 0 Å². The first-order chi connectivity index (χ1) is 15.9. The van der Waals surface area contributed by atoms with Gasteiger partial charge in [-0.1, -0.05) is 12.1 Å². The summed E-state index contributed by atoms with van der Waals surface area (Å²) >= 11 is 0. The summed E-state index contributed by atoms with van der Waals surface area (Å²) in [6.45, 7) is 0.585. The zero-order valence-corrected chi connectivity index (χ0v) is 17.4. The molecule has 2 aliphatic heterocycles. The molecule has 1 atom stereocenters. The number of aliphatic hydroxyl groups is 1. The van der Waals surface area contributed by atoms with Crippen molar-refractivity contribution in [3.8, 4) is 5.75 Å². The number of hydrogen-bond acceptors (Lipinski definition) is 6. The van der Waals surface area contributed by atoms with Crippen LogP contribution in [0.5, 0.6) is 5.75 Å². The normalized spacial score (nSPS) is 18.9. The first kappa shape index (κ1) is 20.6. The number of ether oxygens (including phenoxy) is 1. The van der Waals surface area contributed by atoms with Crippen molar-refractivity contribution in [2.75, 3.05) is 6.61 Å². The minimum absolute atomic E-state index is 0.0324. The van der Waals surface area contributed by atoms with Crippen molar-refractivity contribution in [1.29, 1.82) is 0 Å². The van der Waals surface area contributed by atoms with Crippen LogP contribution in [-0.2, 0) is 22.6 Å². The van der Waals surface area contributed by atoms with E-state index in [4.69, 9.17) is 14.3 Å². The van der Waals surface area contributed by atoms with E-state index in [0.717, 1.165) is 11.3 Å². The van der Waals surface area contributed by atoms with Crippen molar-refractivity contribution in [2.45, 2.75) is 19.0 Å². The molecule has 1 amide bonds. The lowest BCUT2D eigenvalue weighted by atomic mass is 9.98. The van der Waals surface area contributed by atoms with Crippen molar-refractivity contribution < 1.29 is 33.8 Å². The van der Waals surface area contributed by atoms with Crippen LogP contribution in [0.1, 0.15) is 38.9 Å². The molecule has 1 saturated heterocycles. The summed E-state index contributed by atoms with van der Waals surface area (Å²) in [4.78, 5) is 38.5. The Hall–Kier alpha value is -4.33. The standard InChI is InChI=1S/C25H19NO7/c27-22(17-7-8-18-16(12-17)9-11-33-18)20-21(19-2-1-10-32-19)26(24(29)23(20)28)13-14-3-5-15(6-4-14)25(30)31/h1-8,10,12,21,27H,9,11,13H2,(H,30,31)/b22-20-. The molecule has 0 saturated carbocycles. The van der Waals surface area contributed by atoms with Crippen LogP contribution in [0.2, 0.25) is 0 Å². The lowest BCUT2D eigenvalue weighted by Crippen LogP contribution is -2.29. The van der Waals surface area contributed by atoms with E-state index in [-0.39, 0.29) is 23.4 Å². The van der Waals surface area contributed by atoms with Crippen LogP contribution in [0.3, 0.4) is 0 Å². The molecule has 3 aromatic rings. The van der Waals surface area contributed by atoms with Gasteiger partial charge in [-0.3, -0.25) is 9.59 Å². The number of rotatable bonds is 5. The predicted molar refractivity (Wildman–Crippen MR) is 116 cm³/mol. The average Bonchev–Trinajstić information content (AvgIpc) is 3.55. The Bertz CT molecular complexity index is 1290. The first-order valence-corrected chi connectivity index (χ1v) is 10.3. The lowest BCUT2D eigenvalue weighted by molar-refractivity contribution is -0.140. The number of aliphatic hydroxyl groups excluding tert-OH is 1. The Kier molecular flexibility index (Phi) is 4.97. The largest absolute Gasteiger partial charge is 0.507 e. The van der Waals surface area contributed by atoms with Crippen LogP contribution in [0.15, 0.2) is 70.9 Å². The summed E-state index contributed by atoms with van der Waals surface area (Å²) in [5, 5.41) is 20.2. The molecular weight excluding hydrogens is 426 g/mol. The summed E-state index contributed by atoms with van der Waals surface area (Å²) in [5.74, 6) is -1.86. The highest BCUT2D eigenvalue weighted by molar-refractivity contribution is 6.46. The molecule has 33 heavy (non-hydrogen) atoms. The molecule has 2 aliphatic rings. The summed E-state index contributed by atoms with van der Waals surface area (Å²) in [7, 11) is 0. The minimum atomic E-state index is -1.06. The number of carboxylic acids is 1. The van der Waals surface area contributed by atoms with E-state index in [2.05, 4.69) is 0 Å². The highest BCUT2D eigenvalue weighted by atomic mass is 16.5. The highest BCUT2D eigenvalue weighted by Crippen LogP contribution is 2.41. The molecule has 0 aliphatic carbocycles. The summed E-state index contributed by atoms with van der Waals surface area (Å²) < 4.78 is 11.0. The number of fused-ring (bicyclic) bond motifs is 1. The molecule has 5 rings (SSSR count). The number of carboxylic acid groups (broad SMARTS) is 1. The molecule has 8 nitrogen and oxygen atoms in total. The zero-order chi connectivity index (χ0) is 23.1. The lowest BCUT2D eigenvalue weighted by Gasteiger charge is -2.23. The molecule has 0 spiro atoms. The van der Waals surface area contributed by atoms with E-state index in [9.17, 15) is 19.5 Å². The van der Waals surface area contributed by atoms with Gasteiger partial charge in [-0.15, -0.1) is 0 Å². The van der Waals surface area contributed by atoms with Crippen molar-refractivity contribution >= 4 is 23.4 Å². The summed E-state index contributed by atoms with van der Waals surface area (Å²) in [6.07, 6.45) is 2.13. The van der Waals surface area contributed by atoms with Crippen LogP contribution in [0.25, 0.3) is 5.76 Å². The van der Waals surface area contributed by atoms with Crippen molar-refractivity contribution in [3.63, 3.8) is 0 Å². The predicted octanol–water partition coefficient (Wildman–Crippen LogP) is 3.53. The van der Waals surface area contributed by atoms with Crippen molar-refractivity contribution in [3.05, 3.63) is 94.4 Å². The minimum Gasteiger partial charge on any atom is -0.507 e. The smallest absolute Gasteiger partial charge is 0.335 e. The maximum absolute atomic E-state index is 13.1. The molecule has 0 bridgehead atoms. The SMILES string of the molecule is O=C1C(=O)N(Cc2ccc(C(=O)O)cc2)C(c2ccco2)/C1=C(/O)c1ccc2c(c1)CCO2. The first-order valence-electron chi connectivity index (χ1n) is 10.3. The number of furan rings is 1. The van der Waals surface area contributed by atoms with Gasteiger partial charge in [0.25, 0.3) is 11.7 Å². The van der Waals surface area contributed by atoms with E-state index in [1.54, 1.807) is 42.5 Å². The number of likely N-dealkylation sites (tertiary alicyclic amines) is 1. The Labute approximate surface area is 188 Å². The van der Waals surface area contributed by atoms with E-state index in [0.29, 0.717) is 29.9 Å². The second-order valence-electron chi connectivity index (χ2n) is 7.87. The van der Waals surface area contributed by atoms with E-state index in [1.807, 2.05) is 0 Å². The second kappa shape index (κ2) is 7.98. The topological polar surface area (TPSA) is 117 Å². The molecule has 166 valence electrons. The molecule has 1 fully saturated rings. The number of amides is 1. The zero-order valence-electron chi connectivity index (χ0n) is 17.4. The molecule has 0 radical (unpaired) electrons. The molecule has 3 heterocycles. The average molecular weight is 445 g/mol. The fourth-order valence-electron chi connectivity index (χ4n) is 4.22. The summed E-state index contributed by atoms with van der Waals surface area (Å²) in [6, 6.07) is 13.5. The molecule has 2 N–H and O–H groups in total. The van der Waals surface area contributed by atoms with E-state index >= 15 is 0 Å². The number of ketones is 1. The van der Waals surface area contributed by atoms with E-state index in [1.165, 1.54) is 23.3 Å². The van der Waals surface area contributed by atoms with Crippen LogP contribution >= 0.6 is 0 Å². The van der Waals surface area contributed by atoms with Gasteiger partial charge in [0.1, 0.15) is 23.3 Å². The number of nitrogens with zero attached hydrogens (tertiary/aromatic N) is 1. The third-order valence-corrected chi connectivity index (χ3v) is 5.87. The van der Waals surface area contributed by atoms with Gasteiger partial charge in [-0.05, 0) is 53.6 Å². The Morgan fingerprint density at radius 1 is 1.03 bits per heavy atom. The van der Waals surface area contributed by atoms with Crippen LogP contribution in [-0.4, -0.2) is 39.4 Å². The van der Waals surface area contributed by atoms with Gasteiger partial charge in [0.2, 0.25) is 0 Å². The van der Waals surface area contributed by atoms with Gasteiger partial charge in [0, 0.05) is 18.5 Å².